The van der Waals surface area contributed by atoms with Crippen LogP contribution in [0.1, 0.15) is 30.1 Å². The van der Waals surface area contributed by atoms with Crippen molar-refractivity contribution in [3.63, 3.8) is 0 Å². The Balaban J connectivity index is 2.07. The highest BCUT2D eigenvalue weighted by molar-refractivity contribution is 9.10. The monoisotopic (exact) mass is 289 g/mol. The van der Waals surface area contributed by atoms with Crippen molar-refractivity contribution in [2.24, 2.45) is 0 Å². The second kappa shape index (κ2) is 4.18. The molecular weight excluding hydrogens is 278 g/mol. The Morgan fingerprint density at radius 3 is 2.71 bits per heavy atom. The first-order valence-corrected chi connectivity index (χ1v) is 6.48. The molecule has 17 heavy (non-hydrogen) atoms. The smallest absolute Gasteiger partial charge is 0.133 e. The Bertz CT molecular complexity index is 564. The summed E-state index contributed by atoms with van der Waals surface area (Å²) in [7, 11) is 0. The van der Waals surface area contributed by atoms with E-state index in [4.69, 9.17) is 0 Å². The van der Waals surface area contributed by atoms with E-state index >= 15 is 0 Å². The van der Waals surface area contributed by atoms with Gasteiger partial charge in [-0.3, -0.25) is 4.98 Å². The number of hydrogen-bond donors (Lipinski definition) is 0. The summed E-state index contributed by atoms with van der Waals surface area (Å²) in [5.41, 5.74) is 3.14. The largest absolute Gasteiger partial charge is 0.264 e. The van der Waals surface area contributed by atoms with Crippen molar-refractivity contribution in [2.75, 3.05) is 0 Å². The first-order chi connectivity index (χ1) is 8.22. The molecule has 0 spiro atoms. The van der Waals surface area contributed by atoms with Gasteiger partial charge in [0.1, 0.15) is 10.4 Å². The summed E-state index contributed by atoms with van der Waals surface area (Å²) < 4.78 is 0.853. The maximum absolute atomic E-state index is 4.63. The zero-order chi connectivity index (χ0) is 11.8. The summed E-state index contributed by atoms with van der Waals surface area (Å²) in [6.45, 7) is 2.04. The van der Waals surface area contributed by atoms with Crippen molar-refractivity contribution < 1.29 is 0 Å². The Morgan fingerprint density at radius 1 is 1.18 bits per heavy atom. The van der Waals surface area contributed by atoms with Gasteiger partial charge in [0.25, 0.3) is 0 Å². The number of hydrogen-bond acceptors (Lipinski definition) is 3. The van der Waals surface area contributed by atoms with Crippen LogP contribution in [0.4, 0.5) is 0 Å². The standard InChI is InChI=1S/C13H12BrN3/c1-8-4-10(7-15-6-8)11-5-12(14)17-13(16-11)9-2-3-9/h4-7,9H,2-3H2,1H3. The van der Waals surface area contributed by atoms with E-state index in [0.717, 1.165) is 27.2 Å². The molecule has 0 saturated heterocycles. The normalized spacial score (nSPS) is 14.9. The fraction of sp³-hybridized carbons (Fsp3) is 0.308. The third kappa shape index (κ3) is 2.36. The van der Waals surface area contributed by atoms with Gasteiger partial charge in [-0.05, 0) is 53.4 Å². The van der Waals surface area contributed by atoms with E-state index in [1.165, 1.54) is 12.8 Å². The van der Waals surface area contributed by atoms with Crippen molar-refractivity contribution >= 4 is 15.9 Å². The van der Waals surface area contributed by atoms with Gasteiger partial charge in [0, 0.05) is 23.9 Å². The molecule has 1 aliphatic carbocycles. The molecule has 0 aliphatic heterocycles. The number of halogens is 1. The van der Waals surface area contributed by atoms with Crippen molar-refractivity contribution in [1.82, 2.24) is 15.0 Å². The molecule has 2 aromatic heterocycles. The Hall–Kier alpha value is -1.29. The molecule has 0 bridgehead atoms. The lowest BCUT2D eigenvalue weighted by Gasteiger charge is -2.05. The number of aromatic nitrogens is 3. The summed E-state index contributed by atoms with van der Waals surface area (Å²) in [4.78, 5) is 13.3. The molecule has 3 rings (SSSR count). The molecule has 1 saturated carbocycles. The first-order valence-electron chi connectivity index (χ1n) is 5.69. The topological polar surface area (TPSA) is 38.7 Å². The highest BCUT2D eigenvalue weighted by Crippen LogP contribution is 2.39. The van der Waals surface area contributed by atoms with E-state index in [-0.39, 0.29) is 0 Å². The van der Waals surface area contributed by atoms with E-state index in [0.29, 0.717) is 5.92 Å². The Morgan fingerprint density at radius 2 is 2.00 bits per heavy atom. The minimum atomic E-state index is 0.559. The lowest BCUT2D eigenvalue weighted by molar-refractivity contribution is 0.919. The minimum absolute atomic E-state index is 0.559. The maximum atomic E-state index is 4.63. The molecule has 0 unspecified atom stereocenters. The predicted molar refractivity (Wildman–Crippen MR) is 69.7 cm³/mol. The minimum Gasteiger partial charge on any atom is -0.264 e. The number of rotatable bonds is 2. The summed E-state index contributed by atoms with van der Waals surface area (Å²) in [6.07, 6.45) is 6.11. The van der Waals surface area contributed by atoms with Crippen molar-refractivity contribution in [2.45, 2.75) is 25.7 Å². The number of aryl methyl sites for hydroxylation is 1. The fourth-order valence-corrected chi connectivity index (χ4v) is 2.20. The molecule has 0 atom stereocenters. The third-order valence-corrected chi connectivity index (χ3v) is 3.23. The summed E-state index contributed by atoms with van der Waals surface area (Å²) in [5, 5.41) is 0. The highest BCUT2D eigenvalue weighted by atomic mass is 79.9. The molecule has 0 aromatic carbocycles. The molecule has 0 radical (unpaired) electrons. The molecule has 4 heteroatoms. The highest BCUT2D eigenvalue weighted by Gasteiger charge is 2.27. The van der Waals surface area contributed by atoms with Crippen LogP contribution in [0.2, 0.25) is 0 Å². The lowest BCUT2D eigenvalue weighted by atomic mass is 10.1. The van der Waals surface area contributed by atoms with Gasteiger partial charge < -0.3 is 0 Å². The van der Waals surface area contributed by atoms with Gasteiger partial charge in [0.2, 0.25) is 0 Å². The number of nitrogens with zero attached hydrogens (tertiary/aromatic N) is 3. The van der Waals surface area contributed by atoms with Crippen molar-refractivity contribution in [3.05, 3.63) is 40.5 Å². The van der Waals surface area contributed by atoms with Crippen LogP contribution in [0.15, 0.2) is 29.1 Å². The molecule has 3 nitrogen and oxygen atoms in total. The molecule has 1 fully saturated rings. The van der Waals surface area contributed by atoms with E-state index in [2.05, 4.69) is 36.9 Å². The fourth-order valence-electron chi connectivity index (χ4n) is 1.80. The van der Waals surface area contributed by atoms with Crippen LogP contribution in [-0.2, 0) is 0 Å². The van der Waals surface area contributed by atoms with Gasteiger partial charge in [0.15, 0.2) is 0 Å². The predicted octanol–water partition coefficient (Wildman–Crippen LogP) is 3.49. The average Bonchev–Trinajstić information content (AvgIpc) is 3.12. The van der Waals surface area contributed by atoms with Gasteiger partial charge in [-0.2, -0.15) is 0 Å². The maximum Gasteiger partial charge on any atom is 0.133 e. The van der Waals surface area contributed by atoms with Gasteiger partial charge >= 0.3 is 0 Å². The first kappa shape index (κ1) is 10.8. The zero-order valence-electron chi connectivity index (χ0n) is 9.52. The molecule has 2 heterocycles. The lowest BCUT2D eigenvalue weighted by Crippen LogP contribution is -1.96. The molecule has 86 valence electrons. The molecule has 0 N–H and O–H groups in total. The SMILES string of the molecule is Cc1cncc(-c2cc(Br)nc(C3CC3)n2)c1. The van der Waals surface area contributed by atoms with Gasteiger partial charge in [-0.1, -0.05) is 0 Å². The van der Waals surface area contributed by atoms with Crippen molar-refractivity contribution in [1.29, 1.82) is 0 Å². The van der Waals surface area contributed by atoms with Gasteiger partial charge in [-0.15, -0.1) is 0 Å². The second-order valence-electron chi connectivity index (χ2n) is 4.46. The van der Waals surface area contributed by atoms with E-state index in [1.807, 2.05) is 25.4 Å². The molecule has 1 aliphatic rings. The Labute approximate surface area is 108 Å². The van der Waals surface area contributed by atoms with Crippen LogP contribution in [0.3, 0.4) is 0 Å². The third-order valence-electron chi connectivity index (χ3n) is 2.83. The van der Waals surface area contributed by atoms with Gasteiger partial charge in [-0.25, -0.2) is 9.97 Å². The molecular formula is C13H12BrN3. The quantitative estimate of drug-likeness (QED) is 0.795. The Kier molecular flexibility index (Phi) is 2.67. The molecule has 0 amide bonds. The van der Waals surface area contributed by atoms with E-state index in [9.17, 15) is 0 Å². The van der Waals surface area contributed by atoms with E-state index in [1.54, 1.807) is 0 Å². The zero-order valence-corrected chi connectivity index (χ0v) is 11.1. The molecule has 2 aromatic rings. The van der Waals surface area contributed by atoms with Crippen LogP contribution in [-0.4, -0.2) is 15.0 Å². The number of pyridine rings is 1. The van der Waals surface area contributed by atoms with E-state index < -0.39 is 0 Å². The van der Waals surface area contributed by atoms with Crippen molar-refractivity contribution in [3.8, 4) is 11.3 Å². The summed E-state index contributed by atoms with van der Waals surface area (Å²) in [5.74, 6) is 1.51. The van der Waals surface area contributed by atoms with Gasteiger partial charge in [0.05, 0.1) is 5.69 Å². The van der Waals surface area contributed by atoms with Crippen LogP contribution in [0.25, 0.3) is 11.3 Å². The summed E-state index contributed by atoms with van der Waals surface area (Å²) in [6, 6.07) is 4.04. The van der Waals surface area contributed by atoms with Crippen LogP contribution in [0, 0.1) is 6.92 Å². The van der Waals surface area contributed by atoms with Crippen LogP contribution >= 0.6 is 15.9 Å². The summed E-state index contributed by atoms with van der Waals surface area (Å²) >= 11 is 3.45. The van der Waals surface area contributed by atoms with Crippen LogP contribution < -0.4 is 0 Å². The second-order valence-corrected chi connectivity index (χ2v) is 5.27. The average molecular weight is 290 g/mol. The van der Waals surface area contributed by atoms with Crippen LogP contribution in [0.5, 0.6) is 0 Å².